The zero-order valence-corrected chi connectivity index (χ0v) is 15.5. The number of hydrogen-bond acceptors (Lipinski definition) is 4. The van der Waals surface area contributed by atoms with Gasteiger partial charge in [-0.15, -0.1) is 0 Å². The van der Waals surface area contributed by atoms with Gasteiger partial charge in [0.2, 0.25) is 5.91 Å². The second kappa shape index (κ2) is 7.66. The first-order valence-corrected chi connectivity index (χ1v) is 9.11. The number of carbonyl (C=O) groups excluding carboxylic acids is 1. The molecule has 1 amide bonds. The maximum Gasteiger partial charge on any atom is 0.235 e. The summed E-state index contributed by atoms with van der Waals surface area (Å²) in [6.45, 7) is 4.42. The van der Waals surface area contributed by atoms with Crippen molar-refractivity contribution in [3.8, 4) is 0 Å². The van der Waals surface area contributed by atoms with Crippen LogP contribution in [0.5, 0.6) is 0 Å². The van der Waals surface area contributed by atoms with E-state index in [2.05, 4.69) is 9.97 Å². The maximum absolute atomic E-state index is 12.7. The van der Waals surface area contributed by atoms with Crippen LogP contribution in [0.3, 0.4) is 0 Å². The summed E-state index contributed by atoms with van der Waals surface area (Å²) >= 11 is 1.49. The van der Waals surface area contributed by atoms with Gasteiger partial charge in [0.15, 0.2) is 0 Å². The molecule has 0 fully saturated rings. The summed E-state index contributed by atoms with van der Waals surface area (Å²) in [7, 11) is 1.84. The molecule has 0 bridgehead atoms. The Hall–Kier alpha value is -2.40. The second-order valence-electron chi connectivity index (χ2n) is 6.03. The van der Waals surface area contributed by atoms with Crippen LogP contribution in [0.15, 0.2) is 59.6 Å². The summed E-state index contributed by atoms with van der Waals surface area (Å²) in [5, 5.41) is 1.63. The normalized spacial score (nSPS) is 12.1. The first kappa shape index (κ1) is 17.4. The molecule has 0 aliphatic heterocycles. The van der Waals surface area contributed by atoms with E-state index in [9.17, 15) is 4.79 Å². The molecule has 3 rings (SSSR count). The highest BCUT2D eigenvalue weighted by Crippen LogP contribution is 2.29. The summed E-state index contributed by atoms with van der Waals surface area (Å²) in [5.74, 6) is 0.813. The topological polar surface area (TPSA) is 46.1 Å². The van der Waals surface area contributed by atoms with E-state index in [0.717, 1.165) is 27.3 Å². The molecule has 128 valence electrons. The van der Waals surface area contributed by atoms with Crippen LogP contribution in [0.4, 0.5) is 0 Å². The Kier molecular flexibility index (Phi) is 5.34. The van der Waals surface area contributed by atoms with E-state index in [1.165, 1.54) is 11.8 Å². The average Bonchev–Trinajstić information content (AvgIpc) is 2.61. The van der Waals surface area contributed by atoms with Crippen LogP contribution >= 0.6 is 11.8 Å². The molecule has 4 nitrogen and oxygen atoms in total. The Morgan fingerprint density at radius 2 is 1.76 bits per heavy atom. The molecular formula is C20H21N3OS. The van der Waals surface area contributed by atoms with E-state index in [0.29, 0.717) is 6.54 Å². The Labute approximate surface area is 152 Å². The van der Waals surface area contributed by atoms with Gasteiger partial charge in [0.05, 0.1) is 10.8 Å². The number of hydrogen-bond donors (Lipinski definition) is 0. The lowest BCUT2D eigenvalue weighted by atomic mass is 10.2. The number of aryl methyl sites for hydroxylation is 1. The first-order valence-electron chi connectivity index (χ1n) is 8.23. The third kappa shape index (κ3) is 4.17. The summed E-state index contributed by atoms with van der Waals surface area (Å²) in [4.78, 5) is 23.5. The molecule has 2 aromatic carbocycles. The fourth-order valence-electron chi connectivity index (χ4n) is 2.71. The number of fused-ring (bicyclic) bond motifs is 1. The SMILES string of the molecule is Cc1nc(S[C@@H](C)C(=O)N(C)Cc2ccccc2)c2ccccc2n1. The van der Waals surface area contributed by atoms with Crippen LogP contribution in [0.1, 0.15) is 18.3 Å². The third-order valence-electron chi connectivity index (χ3n) is 3.96. The van der Waals surface area contributed by atoms with Crippen LogP contribution in [-0.2, 0) is 11.3 Å². The number of thioether (sulfide) groups is 1. The Morgan fingerprint density at radius 1 is 1.08 bits per heavy atom. The van der Waals surface area contributed by atoms with Crippen molar-refractivity contribution >= 4 is 28.6 Å². The van der Waals surface area contributed by atoms with Crippen molar-refractivity contribution in [1.29, 1.82) is 0 Å². The summed E-state index contributed by atoms with van der Waals surface area (Å²) in [6.07, 6.45) is 0. The van der Waals surface area contributed by atoms with E-state index in [1.807, 2.05) is 75.5 Å². The number of amides is 1. The average molecular weight is 351 g/mol. The van der Waals surface area contributed by atoms with Crippen molar-refractivity contribution in [1.82, 2.24) is 14.9 Å². The monoisotopic (exact) mass is 351 g/mol. The predicted octanol–water partition coefficient (Wildman–Crippen LogP) is 4.08. The smallest absolute Gasteiger partial charge is 0.235 e. The molecule has 1 aromatic heterocycles. The molecule has 1 heterocycles. The van der Waals surface area contributed by atoms with Gasteiger partial charge < -0.3 is 4.90 Å². The van der Waals surface area contributed by atoms with Gasteiger partial charge >= 0.3 is 0 Å². The van der Waals surface area contributed by atoms with Gasteiger partial charge in [-0.3, -0.25) is 4.79 Å². The van der Waals surface area contributed by atoms with Crippen molar-refractivity contribution in [3.05, 3.63) is 66.0 Å². The minimum absolute atomic E-state index is 0.0919. The van der Waals surface area contributed by atoms with E-state index in [-0.39, 0.29) is 11.2 Å². The highest BCUT2D eigenvalue weighted by molar-refractivity contribution is 8.00. The highest BCUT2D eigenvalue weighted by atomic mass is 32.2. The number of rotatable bonds is 5. The minimum atomic E-state index is -0.216. The van der Waals surface area contributed by atoms with Crippen LogP contribution in [-0.4, -0.2) is 33.1 Å². The molecule has 0 spiro atoms. The van der Waals surface area contributed by atoms with Crippen LogP contribution in [0.25, 0.3) is 10.9 Å². The van der Waals surface area contributed by atoms with Crippen molar-refractivity contribution in [2.45, 2.75) is 30.7 Å². The van der Waals surface area contributed by atoms with Crippen molar-refractivity contribution in [3.63, 3.8) is 0 Å². The quantitative estimate of drug-likeness (QED) is 0.513. The van der Waals surface area contributed by atoms with E-state index in [1.54, 1.807) is 4.90 Å². The number of benzene rings is 2. The zero-order chi connectivity index (χ0) is 17.8. The van der Waals surface area contributed by atoms with E-state index in [4.69, 9.17) is 0 Å². The Morgan fingerprint density at radius 3 is 2.52 bits per heavy atom. The van der Waals surface area contributed by atoms with Gasteiger partial charge in [0.1, 0.15) is 10.9 Å². The van der Waals surface area contributed by atoms with Crippen LogP contribution < -0.4 is 0 Å². The standard InChI is InChI=1S/C20H21N3OS/c1-14(20(24)23(3)13-16-9-5-4-6-10-16)25-19-17-11-7-8-12-18(17)21-15(2)22-19/h4-12,14H,13H2,1-3H3/t14-/m0/s1. The van der Waals surface area contributed by atoms with Crippen molar-refractivity contribution in [2.24, 2.45) is 0 Å². The molecule has 0 unspecified atom stereocenters. The molecule has 0 N–H and O–H groups in total. The predicted molar refractivity (Wildman–Crippen MR) is 103 cm³/mol. The van der Waals surface area contributed by atoms with Crippen LogP contribution in [0, 0.1) is 6.92 Å². The summed E-state index contributed by atoms with van der Waals surface area (Å²) in [5.41, 5.74) is 2.04. The number of nitrogens with zero attached hydrogens (tertiary/aromatic N) is 3. The third-order valence-corrected chi connectivity index (χ3v) is 5.04. The van der Waals surface area contributed by atoms with Gasteiger partial charge in [-0.1, -0.05) is 60.3 Å². The van der Waals surface area contributed by atoms with Crippen molar-refractivity contribution in [2.75, 3.05) is 7.05 Å². The lowest BCUT2D eigenvalue weighted by molar-refractivity contribution is -0.129. The molecule has 0 aliphatic rings. The maximum atomic E-state index is 12.7. The van der Waals surface area contributed by atoms with E-state index < -0.39 is 0 Å². The molecule has 0 aliphatic carbocycles. The van der Waals surface area contributed by atoms with Crippen LogP contribution in [0.2, 0.25) is 0 Å². The Bertz CT molecular complexity index is 883. The van der Waals surface area contributed by atoms with E-state index >= 15 is 0 Å². The Balaban J connectivity index is 1.75. The molecule has 5 heteroatoms. The number of carbonyl (C=O) groups is 1. The summed E-state index contributed by atoms with van der Waals surface area (Å²) < 4.78 is 0. The highest BCUT2D eigenvalue weighted by Gasteiger charge is 2.20. The number of aromatic nitrogens is 2. The molecule has 0 radical (unpaired) electrons. The minimum Gasteiger partial charge on any atom is -0.340 e. The zero-order valence-electron chi connectivity index (χ0n) is 14.6. The second-order valence-corrected chi connectivity index (χ2v) is 7.36. The van der Waals surface area contributed by atoms with Gasteiger partial charge in [0.25, 0.3) is 0 Å². The molecule has 25 heavy (non-hydrogen) atoms. The lowest BCUT2D eigenvalue weighted by Crippen LogP contribution is -2.32. The first-order chi connectivity index (χ1) is 12.0. The fraction of sp³-hybridized carbons (Fsp3) is 0.250. The number of para-hydroxylation sites is 1. The van der Waals surface area contributed by atoms with Gasteiger partial charge in [0, 0.05) is 19.0 Å². The molecule has 3 aromatic rings. The molecule has 0 saturated heterocycles. The van der Waals surface area contributed by atoms with Crippen molar-refractivity contribution < 1.29 is 4.79 Å². The molecular weight excluding hydrogens is 330 g/mol. The lowest BCUT2D eigenvalue weighted by Gasteiger charge is -2.21. The molecule has 1 atom stereocenters. The molecule has 0 saturated carbocycles. The van der Waals surface area contributed by atoms with Gasteiger partial charge in [-0.05, 0) is 25.5 Å². The van der Waals surface area contributed by atoms with Gasteiger partial charge in [-0.2, -0.15) is 0 Å². The van der Waals surface area contributed by atoms with Gasteiger partial charge in [-0.25, -0.2) is 9.97 Å². The fourth-order valence-corrected chi connectivity index (χ4v) is 3.81. The summed E-state index contributed by atoms with van der Waals surface area (Å²) in [6, 6.07) is 17.9. The largest absolute Gasteiger partial charge is 0.340 e.